The van der Waals surface area contributed by atoms with Crippen LogP contribution >= 0.6 is 0 Å². The van der Waals surface area contributed by atoms with Gasteiger partial charge < -0.3 is 4.52 Å². The van der Waals surface area contributed by atoms with Gasteiger partial charge in [-0.3, -0.25) is 4.55 Å². The molecule has 0 saturated heterocycles. The maximum absolute atomic E-state index is 11.1. The predicted molar refractivity (Wildman–Crippen MR) is 81.9 cm³/mol. The molecule has 3 aromatic rings. The van der Waals surface area contributed by atoms with E-state index in [2.05, 4.69) is 5.16 Å². The zero-order valence-corrected chi connectivity index (χ0v) is 12.5. The summed E-state index contributed by atoms with van der Waals surface area (Å²) in [5, 5.41) is 4.09. The molecular formula is C16H13NO4S. The molecule has 0 aliphatic heterocycles. The van der Waals surface area contributed by atoms with Crippen LogP contribution in [0.5, 0.6) is 0 Å². The first kappa shape index (κ1) is 14.5. The first-order valence-corrected chi connectivity index (χ1v) is 8.00. The minimum absolute atomic E-state index is 0.147. The summed E-state index contributed by atoms with van der Waals surface area (Å²) >= 11 is 0. The Morgan fingerprint density at radius 3 is 2.18 bits per heavy atom. The van der Waals surface area contributed by atoms with Crippen LogP contribution < -0.4 is 0 Å². The summed E-state index contributed by atoms with van der Waals surface area (Å²) in [5.74, 6) is 0.637. The van der Waals surface area contributed by atoms with Crippen LogP contribution in [0.4, 0.5) is 0 Å². The van der Waals surface area contributed by atoms with Crippen molar-refractivity contribution in [3.05, 3.63) is 60.4 Å². The fourth-order valence-electron chi connectivity index (χ4n) is 2.30. The van der Waals surface area contributed by atoms with E-state index in [1.165, 1.54) is 12.1 Å². The largest absolute Gasteiger partial charge is 0.360 e. The third kappa shape index (κ3) is 2.66. The lowest BCUT2D eigenvalue weighted by molar-refractivity contribution is 0.400. The van der Waals surface area contributed by atoms with Gasteiger partial charge in [0.2, 0.25) is 0 Å². The molecule has 0 bridgehead atoms. The van der Waals surface area contributed by atoms with E-state index in [1.807, 2.05) is 30.3 Å². The lowest BCUT2D eigenvalue weighted by Crippen LogP contribution is -1.97. The maximum Gasteiger partial charge on any atom is 0.294 e. The molecule has 5 nitrogen and oxygen atoms in total. The Bertz CT molecular complexity index is 897. The van der Waals surface area contributed by atoms with Gasteiger partial charge in [-0.05, 0) is 24.6 Å². The van der Waals surface area contributed by atoms with Gasteiger partial charge in [-0.2, -0.15) is 8.42 Å². The van der Waals surface area contributed by atoms with Crippen LogP contribution in [0.2, 0.25) is 0 Å². The van der Waals surface area contributed by atoms with Gasteiger partial charge in [-0.15, -0.1) is 0 Å². The highest BCUT2D eigenvalue weighted by Gasteiger charge is 2.17. The van der Waals surface area contributed by atoms with Crippen molar-refractivity contribution in [2.24, 2.45) is 0 Å². The number of rotatable bonds is 3. The second-order valence-corrected chi connectivity index (χ2v) is 6.25. The van der Waals surface area contributed by atoms with Crippen LogP contribution in [0, 0.1) is 6.92 Å². The van der Waals surface area contributed by atoms with Crippen molar-refractivity contribution in [2.45, 2.75) is 11.8 Å². The number of hydrogen-bond acceptors (Lipinski definition) is 4. The molecule has 1 N–H and O–H groups in total. The molecule has 0 atom stereocenters. The molecule has 0 amide bonds. The Morgan fingerprint density at radius 2 is 1.59 bits per heavy atom. The van der Waals surface area contributed by atoms with Crippen LogP contribution in [0.25, 0.3) is 22.4 Å². The highest BCUT2D eigenvalue weighted by atomic mass is 32.2. The number of aryl methyl sites for hydroxylation is 1. The summed E-state index contributed by atoms with van der Waals surface area (Å²) in [4.78, 5) is -0.147. The third-order valence-electron chi connectivity index (χ3n) is 3.35. The summed E-state index contributed by atoms with van der Waals surface area (Å²) in [7, 11) is -4.20. The molecule has 0 saturated carbocycles. The predicted octanol–water partition coefficient (Wildman–Crippen LogP) is 3.56. The van der Waals surface area contributed by atoms with E-state index in [0.717, 1.165) is 16.7 Å². The Kier molecular flexibility index (Phi) is 3.56. The number of aromatic nitrogens is 1. The second-order valence-electron chi connectivity index (χ2n) is 4.83. The Labute approximate surface area is 128 Å². The summed E-state index contributed by atoms with van der Waals surface area (Å²) < 4.78 is 36.5. The lowest BCUT2D eigenvalue weighted by atomic mass is 10.0. The topological polar surface area (TPSA) is 80.4 Å². The molecule has 0 aliphatic rings. The van der Waals surface area contributed by atoms with Crippen LogP contribution in [0.3, 0.4) is 0 Å². The van der Waals surface area contributed by atoms with Crippen LogP contribution in [0.1, 0.15) is 5.76 Å². The highest BCUT2D eigenvalue weighted by Crippen LogP contribution is 2.34. The van der Waals surface area contributed by atoms with E-state index in [0.29, 0.717) is 11.5 Å². The molecule has 0 unspecified atom stereocenters. The molecule has 6 heteroatoms. The van der Waals surface area contributed by atoms with Crippen LogP contribution in [-0.2, 0) is 10.1 Å². The van der Waals surface area contributed by atoms with Gasteiger partial charge >= 0.3 is 0 Å². The van der Waals surface area contributed by atoms with E-state index in [9.17, 15) is 8.42 Å². The van der Waals surface area contributed by atoms with Gasteiger partial charge in [0.25, 0.3) is 10.1 Å². The SMILES string of the molecule is [13CH3][13c]1o[15n]c(-c2ccccc2)c1-c1ccc(S(=O)(=O)O)cc1. The van der Waals surface area contributed by atoms with Gasteiger partial charge in [-0.1, -0.05) is 47.6 Å². The summed E-state index contributed by atoms with van der Waals surface area (Å²) in [6, 6.07) is 15.5. The monoisotopic (exact) mass is 318 g/mol. The van der Waals surface area contributed by atoms with Gasteiger partial charge in [0.1, 0.15) is 11.5 Å². The molecule has 1 heterocycles. The fourth-order valence-corrected chi connectivity index (χ4v) is 2.78. The first-order valence-electron chi connectivity index (χ1n) is 6.56. The van der Waals surface area contributed by atoms with E-state index in [4.69, 9.17) is 9.08 Å². The molecule has 22 heavy (non-hydrogen) atoms. The molecule has 112 valence electrons. The molecule has 0 fully saturated rings. The van der Waals surface area contributed by atoms with Crippen LogP contribution in [-0.4, -0.2) is 18.1 Å². The molecule has 0 spiro atoms. The highest BCUT2D eigenvalue weighted by molar-refractivity contribution is 7.85. The molecule has 2 aromatic carbocycles. The number of hydrogen-bond donors (Lipinski definition) is 1. The maximum atomic E-state index is 11.1. The van der Waals surface area contributed by atoms with Crippen molar-refractivity contribution in [1.29, 1.82) is 0 Å². The van der Waals surface area contributed by atoms with Gasteiger partial charge in [0.05, 0.1) is 10.5 Å². The first-order chi connectivity index (χ1) is 10.5. The Morgan fingerprint density at radius 1 is 0.955 bits per heavy atom. The standard InChI is InChI=1S/C16H13NO4S/c1-11-15(12-7-9-14(10-8-12)22(18,19)20)16(17-21-11)13-5-3-2-4-6-13/h2-10H,1H3,(H,18,19,20)/i1+1,11+1,17+1. The van der Waals surface area contributed by atoms with E-state index in [1.54, 1.807) is 19.1 Å². The minimum Gasteiger partial charge on any atom is -0.360 e. The van der Waals surface area contributed by atoms with Crippen LogP contribution in [0.15, 0.2) is 64.0 Å². The molecule has 3 rings (SSSR count). The van der Waals surface area contributed by atoms with Gasteiger partial charge in [0, 0.05) is 5.56 Å². The Hall–Kier alpha value is -2.44. The van der Waals surface area contributed by atoms with Crippen molar-refractivity contribution in [2.75, 3.05) is 0 Å². The van der Waals surface area contributed by atoms with Crippen molar-refractivity contribution >= 4 is 10.1 Å². The summed E-state index contributed by atoms with van der Waals surface area (Å²) in [6.45, 7) is 1.80. The molecular weight excluding hydrogens is 305 g/mol. The van der Waals surface area contributed by atoms with Crippen molar-refractivity contribution in [3.8, 4) is 22.4 Å². The summed E-state index contributed by atoms with van der Waals surface area (Å²) in [6.07, 6.45) is 0. The van der Waals surface area contributed by atoms with E-state index < -0.39 is 10.1 Å². The molecule has 0 radical (unpaired) electrons. The second kappa shape index (κ2) is 5.40. The number of nitrogens with zero attached hydrogens (tertiary/aromatic N) is 1. The average molecular weight is 318 g/mol. The summed E-state index contributed by atoms with van der Waals surface area (Å²) in [5.41, 5.74) is 3.17. The van der Waals surface area contributed by atoms with Crippen molar-refractivity contribution in [3.63, 3.8) is 0 Å². The normalized spacial score (nSPS) is 11.5. The quantitative estimate of drug-likeness (QED) is 0.590. The zero-order valence-electron chi connectivity index (χ0n) is 11.7. The third-order valence-corrected chi connectivity index (χ3v) is 4.22. The van der Waals surface area contributed by atoms with E-state index in [-0.39, 0.29) is 4.90 Å². The lowest BCUT2D eigenvalue weighted by Gasteiger charge is -2.04. The zero-order chi connectivity index (χ0) is 15.7. The van der Waals surface area contributed by atoms with E-state index >= 15 is 0 Å². The molecule has 0 aliphatic carbocycles. The van der Waals surface area contributed by atoms with Gasteiger partial charge in [-0.25, -0.2) is 0 Å². The number of benzene rings is 2. The minimum atomic E-state index is -4.20. The Balaban J connectivity index is 2.12. The smallest absolute Gasteiger partial charge is 0.294 e. The average Bonchev–Trinajstić information content (AvgIpc) is 2.89. The fraction of sp³-hybridized carbons (Fsp3) is 0.0625. The van der Waals surface area contributed by atoms with Gasteiger partial charge in [0.15, 0.2) is 0 Å². The van der Waals surface area contributed by atoms with Crippen molar-refractivity contribution < 1.29 is 17.5 Å². The molecule has 1 aromatic heterocycles. The van der Waals surface area contributed by atoms with Crippen molar-refractivity contribution in [1.82, 2.24) is 5.16 Å².